The van der Waals surface area contributed by atoms with Crippen molar-refractivity contribution in [3.05, 3.63) is 11.1 Å². The van der Waals surface area contributed by atoms with Gasteiger partial charge in [-0.15, -0.1) is 11.3 Å². The zero-order valence-corrected chi connectivity index (χ0v) is 11.2. The number of nitrogens with zero attached hydrogens (tertiary/aromatic N) is 2. The van der Waals surface area contributed by atoms with Crippen molar-refractivity contribution in [3.63, 3.8) is 0 Å². The molecule has 0 aliphatic carbocycles. The minimum atomic E-state index is -1.05. The second kappa shape index (κ2) is 5.97. The summed E-state index contributed by atoms with van der Waals surface area (Å²) in [5.74, 6) is -1.05. The van der Waals surface area contributed by atoms with Crippen LogP contribution >= 0.6 is 11.3 Å². The first-order valence-electron chi connectivity index (χ1n) is 5.64. The van der Waals surface area contributed by atoms with Gasteiger partial charge in [0.15, 0.2) is 5.13 Å². The van der Waals surface area contributed by atoms with Crippen LogP contribution in [0.3, 0.4) is 0 Å². The predicted octanol–water partition coefficient (Wildman–Crippen LogP) is 1.85. The molecular formula is C11H19N3O2S. The predicted molar refractivity (Wildman–Crippen MR) is 69.5 cm³/mol. The van der Waals surface area contributed by atoms with E-state index >= 15 is 0 Å². The molecule has 0 saturated carbocycles. The summed E-state index contributed by atoms with van der Waals surface area (Å²) in [6, 6.07) is -0.644. The van der Waals surface area contributed by atoms with E-state index in [0.29, 0.717) is 11.7 Å². The average Bonchev–Trinajstić information content (AvgIpc) is 2.76. The number of hydrogen-bond donors (Lipinski definition) is 2. The molecule has 0 fully saturated rings. The lowest BCUT2D eigenvalue weighted by molar-refractivity contribution is -0.138. The van der Waals surface area contributed by atoms with Gasteiger partial charge in [-0.25, -0.2) is 4.98 Å². The van der Waals surface area contributed by atoms with E-state index in [0.717, 1.165) is 18.0 Å². The van der Waals surface area contributed by atoms with Crippen molar-refractivity contribution in [1.29, 1.82) is 0 Å². The fourth-order valence-corrected chi connectivity index (χ4v) is 2.44. The number of carboxylic acid groups (broad SMARTS) is 1. The number of anilines is 1. The fraction of sp³-hybridized carbons (Fsp3) is 0.636. The number of thiazole rings is 1. The number of aromatic nitrogens is 1. The molecule has 17 heavy (non-hydrogen) atoms. The summed E-state index contributed by atoms with van der Waals surface area (Å²) >= 11 is 1.43. The highest BCUT2D eigenvalue weighted by atomic mass is 32.1. The highest BCUT2D eigenvalue weighted by Gasteiger charge is 2.20. The molecule has 5 nitrogen and oxygen atoms in total. The van der Waals surface area contributed by atoms with Gasteiger partial charge in [0.05, 0.1) is 5.69 Å². The van der Waals surface area contributed by atoms with Crippen LogP contribution < -0.4 is 10.6 Å². The van der Waals surface area contributed by atoms with Crippen LogP contribution in [0.1, 0.15) is 38.4 Å². The maximum atomic E-state index is 10.7. The van der Waals surface area contributed by atoms with E-state index in [4.69, 9.17) is 10.8 Å². The van der Waals surface area contributed by atoms with Crippen LogP contribution in [0.2, 0.25) is 0 Å². The van der Waals surface area contributed by atoms with Crippen LogP contribution in [-0.2, 0) is 4.79 Å². The summed E-state index contributed by atoms with van der Waals surface area (Å²) in [6.45, 7) is 4.26. The number of carboxylic acids is 1. The quantitative estimate of drug-likeness (QED) is 0.813. The van der Waals surface area contributed by atoms with Crippen LogP contribution in [-0.4, -0.2) is 29.1 Å². The lowest BCUT2D eigenvalue weighted by Gasteiger charge is -2.23. The van der Waals surface area contributed by atoms with E-state index in [1.54, 1.807) is 5.38 Å². The summed E-state index contributed by atoms with van der Waals surface area (Å²) in [4.78, 5) is 17.1. The number of nitrogens with two attached hydrogens (primary N) is 1. The Labute approximate surface area is 105 Å². The minimum Gasteiger partial charge on any atom is -0.480 e. The molecule has 6 heteroatoms. The Morgan fingerprint density at radius 3 is 2.88 bits per heavy atom. The Hall–Kier alpha value is -1.14. The smallest absolute Gasteiger partial charge is 0.326 e. The van der Waals surface area contributed by atoms with Crippen molar-refractivity contribution in [2.75, 3.05) is 11.9 Å². The zero-order valence-electron chi connectivity index (χ0n) is 10.4. The summed E-state index contributed by atoms with van der Waals surface area (Å²) in [7, 11) is 1.97. The molecule has 0 amide bonds. The van der Waals surface area contributed by atoms with Crippen molar-refractivity contribution in [2.24, 2.45) is 5.73 Å². The topological polar surface area (TPSA) is 79.5 Å². The van der Waals surface area contributed by atoms with Gasteiger partial charge in [0, 0.05) is 18.5 Å². The SMILES string of the molecule is CCCC(C)N(C)c1nc(C(N)C(=O)O)cs1. The third kappa shape index (κ3) is 3.41. The third-order valence-corrected chi connectivity index (χ3v) is 3.71. The van der Waals surface area contributed by atoms with Crippen LogP contribution in [0, 0.1) is 0 Å². The number of carbonyl (C=O) groups is 1. The van der Waals surface area contributed by atoms with Gasteiger partial charge in [-0.05, 0) is 13.3 Å². The maximum Gasteiger partial charge on any atom is 0.326 e. The molecule has 1 aromatic rings. The Bertz CT molecular complexity index is 381. The Morgan fingerprint density at radius 2 is 2.35 bits per heavy atom. The molecule has 0 aliphatic rings. The van der Waals surface area contributed by atoms with E-state index in [1.165, 1.54) is 11.3 Å². The van der Waals surface area contributed by atoms with Gasteiger partial charge in [-0.3, -0.25) is 4.79 Å². The number of hydrogen-bond acceptors (Lipinski definition) is 5. The van der Waals surface area contributed by atoms with Gasteiger partial charge in [-0.2, -0.15) is 0 Å². The Kier molecular flexibility index (Phi) is 4.89. The minimum absolute atomic E-state index is 0.389. The first-order valence-corrected chi connectivity index (χ1v) is 6.52. The van der Waals surface area contributed by atoms with Crippen molar-refractivity contribution in [1.82, 2.24) is 4.98 Å². The molecule has 0 saturated heterocycles. The molecule has 3 N–H and O–H groups in total. The van der Waals surface area contributed by atoms with Crippen molar-refractivity contribution in [2.45, 2.75) is 38.8 Å². The monoisotopic (exact) mass is 257 g/mol. The standard InChI is InChI=1S/C11H19N3O2S/c1-4-5-7(2)14(3)11-13-8(6-17-11)9(12)10(15)16/h6-7,9H,4-5,12H2,1-3H3,(H,15,16). The Morgan fingerprint density at radius 1 is 1.71 bits per heavy atom. The molecule has 0 aromatic carbocycles. The summed E-state index contributed by atoms with van der Waals surface area (Å²) in [5.41, 5.74) is 5.94. The molecule has 96 valence electrons. The molecular weight excluding hydrogens is 238 g/mol. The van der Waals surface area contributed by atoms with Gasteiger partial charge in [0.25, 0.3) is 0 Å². The largest absolute Gasteiger partial charge is 0.480 e. The Balaban J connectivity index is 2.77. The third-order valence-electron chi connectivity index (χ3n) is 2.76. The normalized spacial score (nSPS) is 14.4. The molecule has 0 bridgehead atoms. The lowest BCUT2D eigenvalue weighted by Crippen LogP contribution is -2.28. The van der Waals surface area contributed by atoms with Crippen molar-refractivity contribution in [3.8, 4) is 0 Å². The van der Waals surface area contributed by atoms with Crippen molar-refractivity contribution >= 4 is 22.4 Å². The molecule has 0 radical (unpaired) electrons. The molecule has 2 unspecified atom stereocenters. The molecule has 2 atom stereocenters. The number of aliphatic carboxylic acids is 1. The first kappa shape index (κ1) is 13.9. The van der Waals surface area contributed by atoms with Crippen LogP contribution in [0.25, 0.3) is 0 Å². The lowest BCUT2D eigenvalue weighted by atomic mass is 10.2. The van der Waals surface area contributed by atoms with E-state index in [2.05, 4.69) is 23.7 Å². The van der Waals surface area contributed by atoms with Gasteiger partial charge < -0.3 is 15.7 Å². The first-order chi connectivity index (χ1) is 7.97. The van der Waals surface area contributed by atoms with E-state index in [-0.39, 0.29) is 0 Å². The van der Waals surface area contributed by atoms with Gasteiger partial charge in [0.2, 0.25) is 0 Å². The van der Waals surface area contributed by atoms with Gasteiger partial charge in [0.1, 0.15) is 6.04 Å². The summed E-state index contributed by atoms with van der Waals surface area (Å²) in [5, 5.41) is 11.3. The highest BCUT2D eigenvalue weighted by Crippen LogP contribution is 2.24. The average molecular weight is 257 g/mol. The molecule has 1 aromatic heterocycles. The molecule has 1 rings (SSSR count). The van der Waals surface area contributed by atoms with Crippen LogP contribution in [0.5, 0.6) is 0 Å². The van der Waals surface area contributed by atoms with Crippen LogP contribution in [0.15, 0.2) is 5.38 Å². The summed E-state index contributed by atoms with van der Waals surface area (Å²) < 4.78 is 0. The van der Waals surface area contributed by atoms with E-state index in [9.17, 15) is 4.79 Å². The van der Waals surface area contributed by atoms with Gasteiger partial charge in [-0.1, -0.05) is 13.3 Å². The van der Waals surface area contributed by atoms with Crippen molar-refractivity contribution < 1.29 is 9.90 Å². The van der Waals surface area contributed by atoms with E-state index < -0.39 is 12.0 Å². The second-order valence-electron chi connectivity index (χ2n) is 4.12. The van der Waals surface area contributed by atoms with Crippen LogP contribution in [0.4, 0.5) is 5.13 Å². The fourth-order valence-electron chi connectivity index (χ4n) is 1.51. The molecule has 0 aliphatic heterocycles. The van der Waals surface area contributed by atoms with E-state index in [1.807, 2.05) is 7.05 Å². The molecule has 0 spiro atoms. The molecule has 1 heterocycles. The number of rotatable bonds is 6. The second-order valence-corrected chi connectivity index (χ2v) is 4.96. The zero-order chi connectivity index (χ0) is 13.0. The summed E-state index contributed by atoms with van der Waals surface area (Å²) in [6.07, 6.45) is 2.19. The highest BCUT2D eigenvalue weighted by molar-refractivity contribution is 7.13. The van der Waals surface area contributed by atoms with Gasteiger partial charge >= 0.3 is 5.97 Å². The maximum absolute atomic E-state index is 10.7.